The van der Waals surface area contributed by atoms with Gasteiger partial charge in [-0.3, -0.25) is 0 Å². The van der Waals surface area contributed by atoms with Crippen LogP contribution in [0.1, 0.15) is 38.7 Å². The van der Waals surface area contributed by atoms with Crippen molar-refractivity contribution in [3.05, 3.63) is 23.8 Å². The largest absolute Gasteiger partial charge is 0.496 e. The second-order valence-corrected chi connectivity index (χ2v) is 6.36. The van der Waals surface area contributed by atoms with Crippen molar-refractivity contribution < 1.29 is 18.3 Å². The molecule has 20 heavy (non-hydrogen) atoms. The normalized spacial score (nSPS) is 13.2. The molecule has 1 aromatic rings. The molecule has 0 saturated heterocycles. The number of hydrogen-bond donors (Lipinski definition) is 2. The zero-order valence-electron chi connectivity index (χ0n) is 12.2. The minimum atomic E-state index is -3.57. The van der Waals surface area contributed by atoms with Crippen molar-refractivity contribution >= 4 is 10.0 Å². The van der Waals surface area contributed by atoms with E-state index in [1.807, 2.05) is 13.8 Å². The summed E-state index contributed by atoms with van der Waals surface area (Å²) in [6.45, 7) is 3.71. The van der Waals surface area contributed by atoms with Crippen LogP contribution in [0.3, 0.4) is 0 Å². The monoisotopic (exact) mass is 301 g/mol. The van der Waals surface area contributed by atoms with Crippen LogP contribution in [0.15, 0.2) is 23.1 Å². The number of benzene rings is 1. The van der Waals surface area contributed by atoms with Gasteiger partial charge in [-0.15, -0.1) is 0 Å². The van der Waals surface area contributed by atoms with Crippen LogP contribution in [-0.4, -0.2) is 26.7 Å². The van der Waals surface area contributed by atoms with Gasteiger partial charge in [0.25, 0.3) is 0 Å². The molecule has 0 saturated carbocycles. The summed E-state index contributed by atoms with van der Waals surface area (Å²) < 4.78 is 32.4. The molecular formula is C14H23NO4S. The molecule has 0 aliphatic heterocycles. The minimum absolute atomic E-state index is 0.0651. The molecule has 0 radical (unpaired) electrons. The maximum absolute atomic E-state index is 12.3. The highest BCUT2D eigenvalue weighted by atomic mass is 32.2. The van der Waals surface area contributed by atoms with Gasteiger partial charge in [-0.2, -0.15) is 0 Å². The van der Waals surface area contributed by atoms with E-state index in [0.717, 1.165) is 19.3 Å². The second kappa shape index (κ2) is 7.61. The number of methoxy groups -OCH3 is 1. The summed E-state index contributed by atoms with van der Waals surface area (Å²) in [4.78, 5) is 0.150. The zero-order chi connectivity index (χ0) is 15.2. The Bertz CT molecular complexity index is 528. The van der Waals surface area contributed by atoms with Gasteiger partial charge in [-0.1, -0.05) is 20.3 Å². The van der Waals surface area contributed by atoms with E-state index in [9.17, 15) is 13.5 Å². The van der Waals surface area contributed by atoms with E-state index in [1.54, 1.807) is 6.07 Å². The lowest BCUT2D eigenvalue weighted by atomic mass is 10.1. The molecule has 114 valence electrons. The van der Waals surface area contributed by atoms with Crippen LogP contribution in [0.5, 0.6) is 5.75 Å². The lowest BCUT2D eigenvalue weighted by Gasteiger charge is -2.17. The van der Waals surface area contributed by atoms with E-state index in [1.165, 1.54) is 19.2 Å². The highest BCUT2D eigenvalue weighted by Crippen LogP contribution is 2.22. The van der Waals surface area contributed by atoms with Crippen molar-refractivity contribution in [1.29, 1.82) is 0 Å². The Hall–Kier alpha value is -1.11. The van der Waals surface area contributed by atoms with Crippen LogP contribution in [0.25, 0.3) is 0 Å². The fraction of sp³-hybridized carbons (Fsp3) is 0.571. The summed E-state index contributed by atoms with van der Waals surface area (Å²) in [6.07, 6.45) is 2.47. The molecule has 0 fully saturated rings. The lowest BCUT2D eigenvalue weighted by molar-refractivity contribution is 0.273. The second-order valence-electron chi connectivity index (χ2n) is 4.65. The molecule has 6 heteroatoms. The lowest BCUT2D eigenvalue weighted by Crippen LogP contribution is -2.34. The van der Waals surface area contributed by atoms with Crippen molar-refractivity contribution in [3.63, 3.8) is 0 Å². The third-order valence-corrected chi connectivity index (χ3v) is 4.70. The Labute approximate surface area is 121 Å². The average molecular weight is 301 g/mol. The summed E-state index contributed by atoms with van der Waals surface area (Å²) in [5.41, 5.74) is 0.457. The standard InChI is InChI=1S/C14H23NO4S/c1-4-6-12(5-2)15-20(17,18)13-7-8-14(19-3)11(9-13)10-16/h7-9,12,15-16H,4-6,10H2,1-3H3. The fourth-order valence-corrected chi connectivity index (χ4v) is 3.43. The minimum Gasteiger partial charge on any atom is -0.496 e. The number of aliphatic hydroxyl groups excluding tert-OH is 1. The van der Waals surface area contributed by atoms with E-state index >= 15 is 0 Å². The summed E-state index contributed by atoms with van der Waals surface area (Å²) in [5.74, 6) is 0.479. The molecule has 5 nitrogen and oxygen atoms in total. The predicted octanol–water partition coefficient (Wildman–Crippen LogP) is 2.04. The van der Waals surface area contributed by atoms with Gasteiger partial charge in [0.15, 0.2) is 0 Å². The van der Waals surface area contributed by atoms with Gasteiger partial charge >= 0.3 is 0 Å². The van der Waals surface area contributed by atoms with Crippen molar-refractivity contribution in [2.45, 2.75) is 50.7 Å². The number of ether oxygens (including phenoxy) is 1. The summed E-state index contributed by atoms with van der Waals surface area (Å²) in [5, 5.41) is 9.26. The van der Waals surface area contributed by atoms with Crippen molar-refractivity contribution in [3.8, 4) is 5.75 Å². The zero-order valence-corrected chi connectivity index (χ0v) is 13.0. The van der Waals surface area contributed by atoms with E-state index in [4.69, 9.17) is 4.74 Å². The molecule has 0 heterocycles. The van der Waals surface area contributed by atoms with E-state index in [-0.39, 0.29) is 17.5 Å². The number of aliphatic hydroxyl groups is 1. The quantitative estimate of drug-likeness (QED) is 0.770. The number of rotatable bonds is 8. The average Bonchev–Trinajstić information content (AvgIpc) is 2.45. The maximum atomic E-state index is 12.3. The molecule has 0 aliphatic carbocycles. The van der Waals surface area contributed by atoms with Crippen LogP contribution in [0.2, 0.25) is 0 Å². The molecule has 0 aromatic heterocycles. The first-order valence-electron chi connectivity index (χ1n) is 6.78. The van der Waals surface area contributed by atoms with Crippen LogP contribution in [0, 0.1) is 0 Å². The number of hydrogen-bond acceptors (Lipinski definition) is 4. The Balaban J connectivity index is 3.03. The predicted molar refractivity (Wildman–Crippen MR) is 78.2 cm³/mol. The maximum Gasteiger partial charge on any atom is 0.240 e. The molecule has 1 rings (SSSR count). The van der Waals surface area contributed by atoms with Gasteiger partial charge in [0, 0.05) is 11.6 Å². The third-order valence-electron chi connectivity index (χ3n) is 3.18. The first kappa shape index (κ1) is 16.9. The molecule has 0 aliphatic rings. The van der Waals surface area contributed by atoms with Crippen LogP contribution in [0.4, 0.5) is 0 Å². The van der Waals surface area contributed by atoms with Crippen molar-refractivity contribution in [2.75, 3.05) is 7.11 Å². The topological polar surface area (TPSA) is 75.6 Å². The molecule has 1 atom stereocenters. The Morgan fingerprint density at radius 1 is 1.35 bits per heavy atom. The Kier molecular flexibility index (Phi) is 6.45. The fourth-order valence-electron chi connectivity index (χ4n) is 2.03. The van der Waals surface area contributed by atoms with Crippen molar-refractivity contribution in [2.24, 2.45) is 0 Å². The van der Waals surface area contributed by atoms with Crippen LogP contribution < -0.4 is 9.46 Å². The summed E-state index contributed by atoms with van der Waals surface area (Å²) >= 11 is 0. The SMILES string of the molecule is CCCC(CC)NS(=O)(=O)c1ccc(OC)c(CO)c1. The highest BCUT2D eigenvalue weighted by Gasteiger charge is 2.19. The molecule has 0 amide bonds. The first-order valence-corrected chi connectivity index (χ1v) is 8.26. The Morgan fingerprint density at radius 2 is 2.05 bits per heavy atom. The number of nitrogens with one attached hydrogen (secondary N) is 1. The summed E-state index contributed by atoms with van der Waals surface area (Å²) in [6, 6.07) is 4.42. The third kappa shape index (κ3) is 4.19. The molecule has 1 aromatic carbocycles. The van der Waals surface area contributed by atoms with E-state index in [2.05, 4.69) is 4.72 Å². The van der Waals surface area contributed by atoms with E-state index < -0.39 is 10.0 Å². The van der Waals surface area contributed by atoms with Gasteiger partial charge in [-0.25, -0.2) is 13.1 Å². The van der Waals surface area contributed by atoms with Crippen molar-refractivity contribution in [1.82, 2.24) is 4.72 Å². The molecular weight excluding hydrogens is 278 g/mol. The van der Waals surface area contributed by atoms with E-state index in [0.29, 0.717) is 11.3 Å². The van der Waals surface area contributed by atoms with Crippen LogP contribution in [-0.2, 0) is 16.6 Å². The molecule has 0 spiro atoms. The molecule has 1 unspecified atom stereocenters. The van der Waals surface area contributed by atoms with Crippen LogP contribution >= 0.6 is 0 Å². The summed E-state index contributed by atoms with van der Waals surface area (Å²) in [7, 11) is -2.09. The first-order chi connectivity index (χ1) is 9.48. The van der Waals surface area contributed by atoms with Gasteiger partial charge in [0.05, 0.1) is 18.6 Å². The Morgan fingerprint density at radius 3 is 2.55 bits per heavy atom. The molecule has 2 N–H and O–H groups in total. The van der Waals surface area contributed by atoms with Gasteiger partial charge < -0.3 is 9.84 Å². The smallest absolute Gasteiger partial charge is 0.240 e. The van der Waals surface area contributed by atoms with Gasteiger partial charge in [-0.05, 0) is 31.0 Å². The van der Waals surface area contributed by atoms with Gasteiger partial charge in [0.1, 0.15) is 5.75 Å². The van der Waals surface area contributed by atoms with Gasteiger partial charge in [0.2, 0.25) is 10.0 Å². The molecule has 0 bridgehead atoms. The number of sulfonamides is 1. The highest BCUT2D eigenvalue weighted by molar-refractivity contribution is 7.89.